The molecule has 2 aliphatic carbocycles. The Labute approximate surface area is 151 Å². The second-order valence-electron chi connectivity index (χ2n) is 7.80. The first-order valence-electron chi connectivity index (χ1n) is 8.51. The van der Waals surface area contributed by atoms with Gasteiger partial charge in [0.2, 0.25) is 0 Å². The van der Waals surface area contributed by atoms with Crippen molar-refractivity contribution in [1.29, 1.82) is 0 Å². The van der Waals surface area contributed by atoms with Gasteiger partial charge in [0.05, 0.1) is 23.0 Å². The summed E-state index contributed by atoms with van der Waals surface area (Å²) in [5, 5.41) is 21.7. The minimum Gasteiger partial charge on any atom is -0.507 e. The number of hydrogen-bond acceptors (Lipinski definition) is 6. The number of hydrogen-bond donors (Lipinski definition) is 2. The van der Waals surface area contributed by atoms with Crippen molar-refractivity contribution in [2.75, 3.05) is 23.0 Å². The number of phenols is 2. The molecule has 0 saturated carbocycles. The third-order valence-electron chi connectivity index (χ3n) is 6.01. The molecule has 8 heteroatoms. The highest BCUT2D eigenvalue weighted by molar-refractivity contribution is 7.92. The highest BCUT2D eigenvalue weighted by atomic mass is 32.2. The summed E-state index contributed by atoms with van der Waals surface area (Å²) in [6.07, 6.45) is 1.34. The maximum atomic E-state index is 11.9. The van der Waals surface area contributed by atoms with E-state index in [1.807, 2.05) is 0 Å². The molecular weight excluding hydrogens is 376 g/mol. The average molecular weight is 394 g/mol. The Kier molecular flexibility index (Phi) is 3.10. The highest BCUT2D eigenvalue weighted by Crippen LogP contribution is 2.48. The minimum absolute atomic E-state index is 0.0204. The summed E-state index contributed by atoms with van der Waals surface area (Å²) in [5.74, 6) is 0.275. The van der Waals surface area contributed by atoms with Crippen LogP contribution in [0.1, 0.15) is 22.3 Å². The lowest BCUT2D eigenvalue weighted by atomic mass is 9.78. The van der Waals surface area contributed by atoms with Crippen molar-refractivity contribution in [1.82, 2.24) is 0 Å². The fourth-order valence-corrected chi connectivity index (χ4v) is 8.38. The predicted molar refractivity (Wildman–Crippen MR) is 95.9 cm³/mol. The fraction of sp³-hybridized carbons (Fsp3) is 0.444. The van der Waals surface area contributed by atoms with E-state index in [0.29, 0.717) is 47.9 Å². The molecule has 0 spiro atoms. The van der Waals surface area contributed by atoms with E-state index in [1.165, 1.54) is 0 Å². The Bertz CT molecular complexity index is 1000. The van der Waals surface area contributed by atoms with Gasteiger partial charge in [0.1, 0.15) is 11.5 Å². The number of rotatable bonds is 0. The minimum atomic E-state index is -3.13. The zero-order valence-electron chi connectivity index (χ0n) is 14.0. The first kappa shape index (κ1) is 16.4. The molecule has 0 fully saturated rings. The number of phenolic OH excluding ortho intramolecular Hbond substituents is 2. The Morgan fingerprint density at radius 2 is 0.731 bits per heavy atom. The SMILES string of the molecule is O=S1(=O)CC2=C(Cc3c(O)c4c(c(O)c3C2)CC2=C(C4)CS(=O)(=O)C2)C1. The third kappa shape index (κ3) is 2.28. The van der Waals surface area contributed by atoms with E-state index in [-0.39, 0.29) is 34.5 Å². The van der Waals surface area contributed by atoms with Crippen molar-refractivity contribution in [3.63, 3.8) is 0 Å². The summed E-state index contributed by atoms with van der Waals surface area (Å²) >= 11 is 0. The van der Waals surface area contributed by atoms with Crippen LogP contribution < -0.4 is 0 Å². The first-order chi connectivity index (χ1) is 12.1. The van der Waals surface area contributed by atoms with Gasteiger partial charge in [-0.2, -0.15) is 0 Å². The van der Waals surface area contributed by atoms with Crippen LogP contribution in [-0.2, 0) is 45.4 Å². The van der Waals surface area contributed by atoms with Crippen LogP contribution in [0.2, 0.25) is 0 Å². The normalized spacial score (nSPS) is 24.9. The van der Waals surface area contributed by atoms with Crippen LogP contribution >= 0.6 is 0 Å². The van der Waals surface area contributed by atoms with Crippen molar-refractivity contribution in [3.05, 3.63) is 44.5 Å². The topological polar surface area (TPSA) is 109 Å². The second kappa shape index (κ2) is 4.92. The van der Waals surface area contributed by atoms with Gasteiger partial charge in [-0.25, -0.2) is 16.8 Å². The molecule has 1 aromatic carbocycles. The van der Waals surface area contributed by atoms with E-state index in [4.69, 9.17) is 0 Å². The largest absolute Gasteiger partial charge is 0.507 e. The van der Waals surface area contributed by atoms with Gasteiger partial charge in [-0.15, -0.1) is 0 Å². The van der Waals surface area contributed by atoms with Gasteiger partial charge in [-0.1, -0.05) is 22.3 Å². The van der Waals surface area contributed by atoms with E-state index < -0.39 is 19.7 Å². The lowest BCUT2D eigenvalue weighted by Crippen LogP contribution is -2.15. The van der Waals surface area contributed by atoms with Gasteiger partial charge >= 0.3 is 0 Å². The summed E-state index contributed by atoms with van der Waals surface area (Å²) in [6, 6.07) is 0. The second-order valence-corrected chi connectivity index (χ2v) is 11.9. The quantitative estimate of drug-likeness (QED) is 0.496. The molecular formula is C18H18O6S2. The molecule has 0 bridgehead atoms. The van der Waals surface area contributed by atoms with Crippen molar-refractivity contribution in [3.8, 4) is 11.5 Å². The van der Waals surface area contributed by atoms with Crippen molar-refractivity contribution in [2.45, 2.75) is 25.7 Å². The van der Waals surface area contributed by atoms with Crippen LogP contribution in [0, 0.1) is 0 Å². The summed E-state index contributed by atoms with van der Waals surface area (Å²) in [5.41, 5.74) is 5.70. The van der Waals surface area contributed by atoms with Crippen molar-refractivity contribution in [2.24, 2.45) is 0 Å². The molecule has 0 aromatic heterocycles. The van der Waals surface area contributed by atoms with Crippen LogP contribution in [0.25, 0.3) is 0 Å². The summed E-state index contributed by atoms with van der Waals surface area (Å²) in [6.45, 7) is 0. The molecule has 5 rings (SSSR count). The van der Waals surface area contributed by atoms with Gasteiger partial charge in [-0.3, -0.25) is 0 Å². The average Bonchev–Trinajstić information content (AvgIpc) is 3.01. The lowest BCUT2D eigenvalue weighted by molar-refractivity contribution is 0.437. The van der Waals surface area contributed by atoms with Gasteiger partial charge in [0.15, 0.2) is 19.7 Å². The molecule has 0 unspecified atom stereocenters. The molecule has 6 nitrogen and oxygen atoms in total. The van der Waals surface area contributed by atoms with Crippen molar-refractivity contribution >= 4 is 19.7 Å². The first-order valence-corrected chi connectivity index (χ1v) is 12.2. The molecule has 2 aliphatic heterocycles. The van der Waals surface area contributed by atoms with Gasteiger partial charge in [0.25, 0.3) is 0 Å². The zero-order chi connectivity index (χ0) is 18.4. The predicted octanol–water partition coefficient (Wildman–Crippen LogP) is 0.745. The maximum Gasteiger partial charge on any atom is 0.157 e. The number of benzene rings is 1. The van der Waals surface area contributed by atoms with E-state index in [0.717, 1.165) is 22.3 Å². The summed E-state index contributed by atoms with van der Waals surface area (Å²) in [7, 11) is -6.26. The van der Waals surface area contributed by atoms with Crippen LogP contribution in [-0.4, -0.2) is 50.1 Å². The molecule has 138 valence electrons. The van der Waals surface area contributed by atoms with Crippen LogP contribution in [0.15, 0.2) is 22.3 Å². The van der Waals surface area contributed by atoms with Crippen molar-refractivity contribution < 1.29 is 27.0 Å². The Balaban J connectivity index is 1.61. The lowest BCUT2D eigenvalue weighted by Gasteiger charge is -2.27. The van der Waals surface area contributed by atoms with E-state index in [2.05, 4.69) is 0 Å². The van der Waals surface area contributed by atoms with Gasteiger partial charge < -0.3 is 10.2 Å². The monoisotopic (exact) mass is 394 g/mol. The Morgan fingerprint density at radius 3 is 0.962 bits per heavy atom. The smallest absolute Gasteiger partial charge is 0.157 e. The molecule has 2 N–H and O–H groups in total. The van der Waals surface area contributed by atoms with Crippen LogP contribution in [0.3, 0.4) is 0 Å². The van der Waals surface area contributed by atoms with Gasteiger partial charge in [0, 0.05) is 22.3 Å². The fourth-order valence-electron chi connectivity index (χ4n) is 4.83. The highest BCUT2D eigenvalue weighted by Gasteiger charge is 2.38. The molecule has 0 saturated heterocycles. The molecule has 1 aromatic rings. The number of aromatic hydroxyl groups is 2. The maximum absolute atomic E-state index is 11.9. The molecule has 26 heavy (non-hydrogen) atoms. The van der Waals surface area contributed by atoms with Crippen LogP contribution in [0.5, 0.6) is 11.5 Å². The number of sulfone groups is 2. The Morgan fingerprint density at radius 1 is 0.500 bits per heavy atom. The van der Waals surface area contributed by atoms with E-state index in [1.54, 1.807) is 0 Å². The summed E-state index contributed by atoms with van der Waals surface area (Å²) < 4.78 is 47.7. The molecule has 0 amide bonds. The Hall–Kier alpha value is -1.80. The third-order valence-corrected chi connectivity index (χ3v) is 9.16. The van der Waals surface area contributed by atoms with E-state index >= 15 is 0 Å². The zero-order valence-corrected chi connectivity index (χ0v) is 15.6. The van der Waals surface area contributed by atoms with Crippen LogP contribution in [0.4, 0.5) is 0 Å². The summed E-state index contributed by atoms with van der Waals surface area (Å²) in [4.78, 5) is 0. The van der Waals surface area contributed by atoms with Gasteiger partial charge in [-0.05, 0) is 25.7 Å². The molecule has 0 atom stereocenters. The number of fused-ring (bicyclic) bond motifs is 2. The standard InChI is InChI=1S/C18H18O6S2/c19-17-13-1-9-5-25(21,22)6-10(9)2-14(13)18(20)16-4-12-8-26(23,24)7-11(12)3-15(16)17/h19-20H,1-8H2. The molecule has 0 radical (unpaired) electrons. The molecule has 4 aliphatic rings. The van der Waals surface area contributed by atoms with E-state index in [9.17, 15) is 27.0 Å². The molecule has 2 heterocycles.